The molecule has 4 heteroatoms. The van der Waals surface area contributed by atoms with Crippen LogP contribution in [0.25, 0.3) is 0 Å². The molecular formula is C10H8FNO2. The predicted molar refractivity (Wildman–Crippen MR) is 47.5 cm³/mol. The van der Waals surface area contributed by atoms with Gasteiger partial charge in [0, 0.05) is 18.7 Å². The number of halogens is 1. The standard InChI is InChI=1S/C10H8FNO2/c1-3-9(14-7(2)13)8-4-5-10(11)12-6-8/h1,4-6,9H,2H3/i9D. The molecule has 0 aliphatic heterocycles. The highest BCUT2D eigenvalue weighted by Gasteiger charge is 2.11. The SMILES string of the molecule is [2H]C(C#C)(OC(C)=O)c1ccc(F)nc1. The van der Waals surface area contributed by atoms with Gasteiger partial charge in [0.25, 0.3) is 0 Å². The summed E-state index contributed by atoms with van der Waals surface area (Å²) in [7, 11) is 0. The van der Waals surface area contributed by atoms with E-state index >= 15 is 0 Å². The van der Waals surface area contributed by atoms with Gasteiger partial charge in [-0.15, -0.1) is 6.42 Å². The van der Waals surface area contributed by atoms with Crippen molar-refractivity contribution >= 4 is 5.97 Å². The quantitative estimate of drug-likeness (QED) is 0.406. The van der Waals surface area contributed by atoms with E-state index < -0.39 is 18.0 Å². The zero-order valence-corrected chi connectivity index (χ0v) is 7.45. The Morgan fingerprint density at radius 2 is 2.57 bits per heavy atom. The molecule has 1 rings (SSSR count). The molecule has 0 radical (unpaired) electrons. The molecule has 3 nitrogen and oxygen atoms in total. The lowest BCUT2D eigenvalue weighted by Crippen LogP contribution is -2.06. The number of carbonyl (C=O) groups is 1. The first-order valence-corrected chi connectivity index (χ1v) is 3.77. The van der Waals surface area contributed by atoms with E-state index in [9.17, 15) is 9.18 Å². The molecule has 14 heavy (non-hydrogen) atoms. The molecule has 1 aromatic heterocycles. The van der Waals surface area contributed by atoms with Gasteiger partial charge in [0.2, 0.25) is 5.95 Å². The van der Waals surface area contributed by atoms with E-state index in [-0.39, 0.29) is 5.56 Å². The number of ether oxygens (including phenoxy) is 1. The van der Waals surface area contributed by atoms with E-state index in [1.807, 2.05) is 5.92 Å². The van der Waals surface area contributed by atoms with E-state index in [2.05, 4.69) is 9.72 Å². The highest BCUT2D eigenvalue weighted by molar-refractivity contribution is 5.66. The van der Waals surface area contributed by atoms with E-state index in [1.165, 1.54) is 6.07 Å². The summed E-state index contributed by atoms with van der Waals surface area (Å²) in [6.45, 7) is 1.14. The van der Waals surface area contributed by atoms with Crippen LogP contribution in [-0.2, 0) is 9.53 Å². The Labute approximate surface area is 82.3 Å². The lowest BCUT2D eigenvalue weighted by atomic mass is 10.2. The molecular weight excluding hydrogens is 185 g/mol. The van der Waals surface area contributed by atoms with Gasteiger partial charge in [0.15, 0.2) is 6.08 Å². The average Bonchev–Trinajstić information content (AvgIpc) is 2.17. The van der Waals surface area contributed by atoms with Crippen molar-refractivity contribution in [3.05, 3.63) is 29.8 Å². The molecule has 1 aromatic rings. The molecule has 0 N–H and O–H groups in total. The largest absolute Gasteiger partial charge is 0.444 e. The number of aromatic nitrogens is 1. The van der Waals surface area contributed by atoms with Crippen LogP contribution in [0.5, 0.6) is 0 Å². The molecule has 0 aliphatic rings. The molecule has 1 atom stereocenters. The van der Waals surface area contributed by atoms with Crippen molar-refractivity contribution in [2.24, 2.45) is 0 Å². The van der Waals surface area contributed by atoms with Gasteiger partial charge in [0.05, 0.1) is 1.37 Å². The van der Waals surface area contributed by atoms with Gasteiger partial charge in [-0.1, -0.05) is 5.92 Å². The number of hydrogen-bond donors (Lipinski definition) is 0. The third-order valence-corrected chi connectivity index (χ3v) is 1.37. The predicted octanol–water partition coefficient (Wildman–Crippen LogP) is 1.46. The van der Waals surface area contributed by atoms with Gasteiger partial charge in [-0.05, 0) is 12.1 Å². The first-order chi connectivity index (χ1) is 6.98. The molecule has 0 amide bonds. The number of nitrogens with zero attached hydrogens (tertiary/aromatic N) is 1. The molecule has 0 fully saturated rings. The summed E-state index contributed by atoms with van der Waals surface area (Å²) < 4.78 is 24.8. The number of hydrogen-bond acceptors (Lipinski definition) is 3. The van der Waals surface area contributed by atoms with Crippen molar-refractivity contribution in [1.29, 1.82) is 0 Å². The summed E-state index contributed by atoms with van der Waals surface area (Å²) in [5, 5.41) is 0. The smallest absolute Gasteiger partial charge is 0.304 e. The van der Waals surface area contributed by atoms with Gasteiger partial charge < -0.3 is 4.74 Å². The van der Waals surface area contributed by atoms with Gasteiger partial charge in [-0.3, -0.25) is 4.79 Å². The van der Waals surface area contributed by atoms with Crippen LogP contribution in [-0.4, -0.2) is 11.0 Å². The van der Waals surface area contributed by atoms with Crippen LogP contribution < -0.4 is 0 Å². The molecule has 1 heterocycles. The monoisotopic (exact) mass is 194 g/mol. The van der Waals surface area contributed by atoms with Crippen LogP contribution in [0.15, 0.2) is 18.3 Å². The number of carbonyl (C=O) groups excluding carboxylic acids is 1. The summed E-state index contributed by atoms with van der Waals surface area (Å²) in [5.41, 5.74) is 0.126. The molecule has 0 aromatic carbocycles. The Morgan fingerprint density at radius 3 is 3.00 bits per heavy atom. The normalized spacial score (nSPS) is 14.8. The van der Waals surface area contributed by atoms with Crippen molar-refractivity contribution in [2.75, 3.05) is 0 Å². The van der Waals surface area contributed by atoms with Crippen molar-refractivity contribution in [3.63, 3.8) is 0 Å². The first kappa shape index (κ1) is 8.70. The Hall–Kier alpha value is -1.89. The minimum absolute atomic E-state index is 0.126. The molecule has 0 bridgehead atoms. The van der Waals surface area contributed by atoms with Crippen LogP contribution in [0.4, 0.5) is 4.39 Å². The van der Waals surface area contributed by atoms with Crippen molar-refractivity contribution in [3.8, 4) is 12.3 Å². The van der Waals surface area contributed by atoms with Crippen LogP contribution in [0, 0.1) is 18.3 Å². The van der Waals surface area contributed by atoms with Crippen molar-refractivity contribution in [2.45, 2.75) is 13.0 Å². The minimum atomic E-state index is -1.95. The Kier molecular flexibility index (Phi) is 2.72. The number of terminal acetylenes is 1. The zero-order chi connectivity index (χ0) is 11.5. The summed E-state index contributed by atoms with van der Waals surface area (Å²) in [6.07, 6.45) is 4.20. The first-order valence-electron chi connectivity index (χ1n) is 4.27. The lowest BCUT2D eigenvalue weighted by Gasteiger charge is -2.09. The summed E-state index contributed by atoms with van der Waals surface area (Å²) >= 11 is 0. The maximum atomic E-state index is 12.5. The third-order valence-electron chi connectivity index (χ3n) is 1.37. The number of rotatable bonds is 2. The van der Waals surface area contributed by atoms with E-state index in [4.69, 9.17) is 7.79 Å². The number of esters is 1. The fourth-order valence-electron chi connectivity index (χ4n) is 0.826. The van der Waals surface area contributed by atoms with Crippen LogP contribution in [0.1, 0.15) is 19.9 Å². The summed E-state index contributed by atoms with van der Waals surface area (Å²) in [6, 6.07) is 2.29. The highest BCUT2D eigenvalue weighted by Crippen LogP contribution is 2.15. The average molecular weight is 194 g/mol. The van der Waals surface area contributed by atoms with Crippen molar-refractivity contribution < 1.29 is 15.3 Å². The van der Waals surface area contributed by atoms with E-state index in [1.54, 1.807) is 0 Å². The highest BCUT2D eigenvalue weighted by atomic mass is 19.1. The molecule has 1 unspecified atom stereocenters. The molecule has 0 saturated carbocycles. The third kappa shape index (κ3) is 2.56. The molecule has 72 valence electrons. The second-order valence-electron chi connectivity index (χ2n) is 2.44. The topological polar surface area (TPSA) is 39.2 Å². The summed E-state index contributed by atoms with van der Waals surface area (Å²) in [4.78, 5) is 14.1. The second-order valence-corrected chi connectivity index (χ2v) is 2.44. The van der Waals surface area contributed by atoms with Gasteiger partial charge in [-0.2, -0.15) is 4.39 Å². The van der Waals surface area contributed by atoms with E-state index in [0.29, 0.717) is 0 Å². The Balaban J connectivity index is 3.07. The lowest BCUT2D eigenvalue weighted by molar-refractivity contribution is -0.144. The maximum Gasteiger partial charge on any atom is 0.304 e. The summed E-state index contributed by atoms with van der Waals surface area (Å²) in [5.74, 6) is 0.625. The fraction of sp³-hybridized carbons (Fsp3) is 0.200. The number of pyridine rings is 1. The van der Waals surface area contributed by atoms with Gasteiger partial charge in [-0.25, -0.2) is 4.98 Å². The van der Waals surface area contributed by atoms with E-state index in [0.717, 1.165) is 19.2 Å². The zero-order valence-electron chi connectivity index (χ0n) is 8.45. The Morgan fingerprint density at radius 1 is 1.86 bits per heavy atom. The van der Waals surface area contributed by atoms with Crippen molar-refractivity contribution in [1.82, 2.24) is 4.98 Å². The molecule has 0 saturated heterocycles. The minimum Gasteiger partial charge on any atom is -0.444 e. The van der Waals surface area contributed by atoms with Gasteiger partial charge in [0.1, 0.15) is 0 Å². The van der Waals surface area contributed by atoms with Crippen LogP contribution in [0.2, 0.25) is 0 Å². The van der Waals surface area contributed by atoms with Crippen LogP contribution >= 0.6 is 0 Å². The molecule has 0 spiro atoms. The fourth-order valence-corrected chi connectivity index (χ4v) is 0.826. The second kappa shape index (κ2) is 4.38. The maximum absolute atomic E-state index is 12.5. The van der Waals surface area contributed by atoms with Gasteiger partial charge >= 0.3 is 5.97 Å². The van der Waals surface area contributed by atoms with Crippen LogP contribution in [0.3, 0.4) is 0 Å². The molecule has 0 aliphatic carbocycles. The Bertz CT molecular complexity index is 412.